The Kier molecular flexibility index (Phi) is 7.44. The topological polar surface area (TPSA) is 63.4 Å². The van der Waals surface area contributed by atoms with E-state index in [2.05, 4.69) is 17.0 Å². The van der Waals surface area contributed by atoms with Gasteiger partial charge >= 0.3 is 0 Å². The Morgan fingerprint density at radius 2 is 1.76 bits per heavy atom. The maximum Gasteiger partial charge on any atom is 0.179 e. The number of benzene rings is 2. The number of halogens is 1. The molecule has 2 aromatic carbocycles. The van der Waals surface area contributed by atoms with Crippen molar-refractivity contribution in [2.75, 3.05) is 25.4 Å². The SMILES string of the molecule is CCS(=O)(=O)c1c(Cl)cccc1CN(CCN)CCc1ccccc1. The molecule has 0 atom stereocenters. The summed E-state index contributed by atoms with van der Waals surface area (Å²) >= 11 is 6.20. The van der Waals surface area contributed by atoms with Crippen LogP contribution in [0.25, 0.3) is 0 Å². The fraction of sp³-hybridized carbons (Fsp3) is 0.368. The first kappa shape index (κ1) is 19.9. The molecule has 136 valence electrons. The van der Waals surface area contributed by atoms with Gasteiger partial charge in [-0.05, 0) is 23.6 Å². The van der Waals surface area contributed by atoms with Crippen molar-refractivity contribution in [2.24, 2.45) is 5.73 Å². The molecule has 0 unspecified atom stereocenters. The zero-order valence-electron chi connectivity index (χ0n) is 14.5. The molecule has 0 bridgehead atoms. The highest BCUT2D eigenvalue weighted by atomic mass is 35.5. The van der Waals surface area contributed by atoms with Crippen LogP contribution in [0.1, 0.15) is 18.1 Å². The van der Waals surface area contributed by atoms with Crippen molar-refractivity contribution in [3.63, 3.8) is 0 Å². The fourth-order valence-corrected chi connectivity index (χ4v) is 4.53. The molecule has 0 amide bonds. The fourth-order valence-electron chi connectivity index (χ4n) is 2.80. The van der Waals surface area contributed by atoms with Crippen molar-refractivity contribution >= 4 is 21.4 Å². The van der Waals surface area contributed by atoms with E-state index in [4.69, 9.17) is 17.3 Å². The molecule has 2 rings (SSSR count). The minimum atomic E-state index is -3.38. The second kappa shape index (κ2) is 9.34. The molecule has 4 nitrogen and oxygen atoms in total. The molecule has 6 heteroatoms. The number of sulfone groups is 1. The highest BCUT2D eigenvalue weighted by Gasteiger charge is 2.21. The number of hydrogen-bond acceptors (Lipinski definition) is 4. The second-order valence-corrected chi connectivity index (χ2v) is 8.55. The molecule has 0 aliphatic carbocycles. The van der Waals surface area contributed by atoms with E-state index >= 15 is 0 Å². The van der Waals surface area contributed by atoms with Gasteiger partial charge in [0.2, 0.25) is 0 Å². The Hall–Kier alpha value is -1.40. The lowest BCUT2D eigenvalue weighted by Crippen LogP contribution is -2.31. The van der Waals surface area contributed by atoms with Crippen molar-refractivity contribution in [1.29, 1.82) is 0 Å². The Balaban J connectivity index is 2.21. The van der Waals surface area contributed by atoms with Gasteiger partial charge in [-0.2, -0.15) is 0 Å². The summed E-state index contributed by atoms with van der Waals surface area (Å²) in [5.41, 5.74) is 7.73. The third-order valence-corrected chi connectivity index (χ3v) is 6.43. The standard InChI is InChI=1S/C19H25ClN2O2S/c1-2-25(23,24)19-17(9-6-10-18(19)20)15-22(14-12-21)13-11-16-7-4-3-5-8-16/h3-10H,2,11-15,21H2,1H3. The van der Waals surface area contributed by atoms with Crippen LogP contribution in [0, 0.1) is 0 Å². The Morgan fingerprint density at radius 1 is 1.04 bits per heavy atom. The average Bonchev–Trinajstić information content (AvgIpc) is 2.60. The van der Waals surface area contributed by atoms with Gasteiger partial charge < -0.3 is 5.73 Å². The molecule has 0 spiro atoms. The molecule has 25 heavy (non-hydrogen) atoms. The molecule has 2 N–H and O–H groups in total. The van der Waals surface area contributed by atoms with Crippen molar-refractivity contribution < 1.29 is 8.42 Å². The highest BCUT2D eigenvalue weighted by Crippen LogP contribution is 2.27. The first-order valence-electron chi connectivity index (χ1n) is 8.44. The maximum absolute atomic E-state index is 12.4. The van der Waals surface area contributed by atoms with E-state index in [1.807, 2.05) is 24.3 Å². The Morgan fingerprint density at radius 3 is 2.40 bits per heavy atom. The van der Waals surface area contributed by atoms with Crippen LogP contribution in [0.2, 0.25) is 5.02 Å². The van der Waals surface area contributed by atoms with Crippen LogP contribution in [-0.4, -0.2) is 38.7 Å². The zero-order chi connectivity index (χ0) is 18.3. The lowest BCUT2D eigenvalue weighted by atomic mass is 10.1. The highest BCUT2D eigenvalue weighted by molar-refractivity contribution is 7.91. The van der Waals surface area contributed by atoms with Crippen LogP contribution in [0.3, 0.4) is 0 Å². The largest absolute Gasteiger partial charge is 0.329 e. The first-order valence-corrected chi connectivity index (χ1v) is 10.5. The lowest BCUT2D eigenvalue weighted by Gasteiger charge is -2.23. The smallest absolute Gasteiger partial charge is 0.179 e. The molecule has 0 fully saturated rings. The van der Waals surface area contributed by atoms with Gasteiger partial charge in [0, 0.05) is 26.2 Å². The summed E-state index contributed by atoms with van der Waals surface area (Å²) in [5, 5.41) is 0.287. The van der Waals surface area contributed by atoms with Gasteiger partial charge in [0.1, 0.15) is 0 Å². The van der Waals surface area contributed by atoms with Crippen LogP contribution >= 0.6 is 11.6 Å². The van der Waals surface area contributed by atoms with E-state index in [0.717, 1.165) is 18.5 Å². The van der Waals surface area contributed by atoms with Gasteiger partial charge in [-0.25, -0.2) is 8.42 Å². The van der Waals surface area contributed by atoms with Crippen LogP contribution in [0.4, 0.5) is 0 Å². The van der Waals surface area contributed by atoms with Gasteiger partial charge in [-0.15, -0.1) is 0 Å². The van der Waals surface area contributed by atoms with Gasteiger partial charge in [0.05, 0.1) is 15.7 Å². The van der Waals surface area contributed by atoms with Gasteiger partial charge in [0.15, 0.2) is 9.84 Å². The van der Waals surface area contributed by atoms with Crippen molar-refractivity contribution in [1.82, 2.24) is 4.90 Å². The Bertz CT molecular complexity index is 779. The number of nitrogens with two attached hydrogens (primary N) is 1. The summed E-state index contributed by atoms with van der Waals surface area (Å²) < 4.78 is 24.9. The summed E-state index contributed by atoms with van der Waals surface area (Å²) in [4.78, 5) is 2.42. The molecule has 0 radical (unpaired) electrons. The van der Waals surface area contributed by atoms with E-state index in [9.17, 15) is 8.42 Å². The molecule has 2 aromatic rings. The number of nitrogens with zero attached hydrogens (tertiary/aromatic N) is 1. The second-order valence-electron chi connectivity index (χ2n) is 5.93. The molecular weight excluding hydrogens is 356 g/mol. The predicted octanol–water partition coefficient (Wildman–Crippen LogP) is 3.14. The molecule has 0 saturated heterocycles. The van der Waals surface area contributed by atoms with Crippen molar-refractivity contribution in [3.8, 4) is 0 Å². The van der Waals surface area contributed by atoms with E-state index in [0.29, 0.717) is 19.6 Å². The van der Waals surface area contributed by atoms with Crippen molar-refractivity contribution in [3.05, 3.63) is 64.7 Å². The molecule has 0 aliphatic heterocycles. The van der Waals surface area contributed by atoms with E-state index in [1.165, 1.54) is 5.56 Å². The minimum absolute atomic E-state index is 0.0324. The monoisotopic (exact) mass is 380 g/mol. The molecule has 0 aromatic heterocycles. The molecule has 0 heterocycles. The minimum Gasteiger partial charge on any atom is -0.329 e. The Labute approximate surface area is 155 Å². The summed E-state index contributed by atoms with van der Waals surface area (Å²) in [6.45, 7) is 4.17. The van der Waals surface area contributed by atoms with Crippen LogP contribution in [0.15, 0.2) is 53.4 Å². The normalized spacial score (nSPS) is 11.8. The first-order chi connectivity index (χ1) is 12.0. The summed E-state index contributed by atoms with van der Waals surface area (Å²) in [6.07, 6.45) is 0.886. The summed E-state index contributed by atoms with van der Waals surface area (Å²) in [5.74, 6) is 0.0324. The van der Waals surface area contributed by atoms with E-state index in [1.54, 1.807) is 19.1 Å². The van der Waals surface area contributed by atoms with Crippen LogP contribution < -0.4 is 5.73 Å². The lowest BCUT2D eigenvalue weighted by molar-refractivity contribution is 0.274. The number of rotatable bonds is 9. The maximum atomic E-state index is 12.4. The summed E-state index contributed by atoms with van der Waals surface area (Å²) in [6, 6.07) is 15.5. The van der Waals surface area contributed by atoms with Gasteiger partial charge in [-0.1, -0.05) is 61.0 Å². The zero-order valence-corrected chi connectivity index (χ0v) is 16.1. The van der Waals surface area contributed by atoms with E-state index < -0.39 is 9.84 Å². The van der Waals surface area contributed by atoms with Gasteiger partial charge in [0.25, 0.3) is 0 Å². The predicted molar refractivity (Wildman–Crippen MR) is 104 cm³/mol. The van der Waals surface area contributed by atoms with Crippen LogP contribution in [0.5, 0.6) is 0 Å². The third-order valence-electron chi connectivity index (χ3n) is 4.14. The van der Waals surface area contributed by atoms with E-state index in [-0.39, 0.29) is 15.7 Å². The third kappa shape index (κ3) is 5.54. The molecule has 0 saturated carbocycles. The molecule has 0 aliphatic rings. The van der Waals surface area contributed by atoms with Gasteiger partial charge in [-0.3, -0.25) is 4.90 Å². The summed E-state index contributed by atoms with van der Waals surface area (Å²) in [7, 11) is -3.38. The molecular formula is C19H25ClN2O2S. The van der Waals surface area contributed by atoms with Crippen molar-refractivity contribution in [2.45, 2.75) is 24.8 Å². The number of hydrogen-bond donors (Lipinski definition) is 1. The quantitative estimate of drug-likeness (QED) is 0.725. The van der Waals surface area contributed by atoms with Crippen LogP contribution in [-0.2, 0) is 22.8 Å². The average molecular weight is 381 g/mol.